The molecule has 0 bridgehead atoms. The topological polar surface area (TPSA) is 55.4 Å². The summed E-state index contributed by atoms with van der Waals surface area (Å²) < 4.78 is 33.3. The van der Waals surface area contributed by atoms with E-state index in [-0.39, 0.29) is 28.9 Å². The van der Waals surface area contributed by atoms with Crippen LogP contribution in [0.4, 0.5) is 14.5 Å². The Balaban J connectivity index is 1.68. The number of benzene rings is 4. The molecule has 0 aliphatic heterocycles. The molecule has 36 heavy (non-hydrogen) atoms. The molecule has 1 N–H and O–H groups in total. The van der Waals surface area contributed by atoms with Crippen LogP contribution >= 0.6 is 34.8 Å². The second-order valence-electron chi connectivity index (χ2n) is 7.66. The van der Waals surface area contributed by atoms with E-state index in [0.717, 1.165) is 12.1 Å². The maximum Gasteiger partial charge on any atom is 0.315 e. The van der Waals surface area contributed by atoms with E-state index in [2.05, 4.69) is 5.32 Å². The molecule has 0 aliphatic rings. The molecule has 0 saturated carbocycles. The van der Waals surface area contributed by atoms with Crippen LogP contribution in [0.15, 0.2) is 78.9 Å². The van der Waals surface area contributed by atoms with Crippen molar-refractivity contribution in [1.82, 2.24) is 0 Å². The standard InChI is InChI=1S/C27H16Cl3F2NO3/c28-17-7-5-16(22(30)13-17)12-26(34)36-25-10-6-15(19-9-8-18(31)14-23(19)32)11-20(25)27(35)33-24-4-2-1-3-21(24)29/h1-11,13-14H,12H2,(H,33,35). The number of carbonyl (C=O) groups is 2. The van der Waals surface area contributed by atoms with E-state index in [9.17, 15) is 18.4 Å². The summed E-state index contributed by atoms with van der Waals surface area (Å²) in [6, 6.07) is 18.5. The summed E-state index contributed by atoms with van der Waals surface area (Å²) in [6.45, 7) is 0. The molecular formula is C27H16Cl3F2NO3. The molecule has 4 nitrogen and oxygen atoms in total. The fraction of sp³-hybridized carbons (Fsp3) is 0.0370. The lowest BCUT2D eigenvalue weighted by Gasteiger charge is -2.14. The fourth-order valence-corrected chi connectivity index (χ4v) is 4.08. The minimum atomic E-state index is -0.811. The fourth-order valence-electron chi connectivity index (χ4n) is 3.42. The zero-order valence-electron chi connectivity index (χ0n) is 18.3. The van der Waals surface area contributed by atoms with Gasteiger partial charge in [0, 0.05) is 21.7 Å². The summed E-state index contributed by atoms with van der Waals surface area (Å²) in [7, 11) is 0. The minimum absolute atomic E-state index is 0.0632. The number of esters is 1. The van der Waals surface area contributed by atoms with Crippen LogP contribution < -0.4 is 10.1 Å². The van der Waals surface area contributed by atoms with Gasteiger partial charge in [-0.2, -0.15) is 0 Å². The first-order chi connectivity index (χ1) is 17.2. The molecule has 9 heteroatoms. The lowest BCUT2D eigenvalue weighted by atomic mass is 10.0. The van der Waals surface area contributed by atoms with E-state index in [4.69, 9.17) is 39.5 Å². The number of nitrogens with one attached hydrogen (secondary N) is 1. The summed E-state index contributed by atoms with van der Waals surface area (Å²) in [5.41, 5.74) is 1.09. The highest BCUT2D eigenvalue weighted by molar-refractivity contribution is 6.35. The van der Waals surface area contributed by atoms with Gasteiger partial charge in [-0.3, -0.25) is 9.59 Å². The van der Waals surface area contributed by atoms with E-state index < -0.39 is 23.5 Å². The van der Waals surface area contributed by atoms with Crippen LogP contribution in [-0.2, 0) is 11.2 Å². The molecule has 4 aromatic carbocycles. The van der Waals surface area contributed by atoms with Gasteiger partial charge in [-0.05, 0) is 59.7 Å². The van der Waals surface area contributed by atoms with E-state index >= 15 is 0 Å². The molecule has 0 aliphatic carbocycles. The number of hydrogen-bond donors (Lipinski definition) is 1. The SMILES string of the molecule is O=C(Cc1ccc(Cl)cc1Cl)Oc1ccc(-c2ccc(F)cc2F)cc1C(=O)Nc1ccccc1Cl. The number of rotatable bonds is 6. The highest BCUT2D eigenvalue weighted by Gasteiger charge is 2.20. The van der Waals surface area contributed by atoms with Crippen molar-refractivity contribution in [1.29, 1.82) is 0 Å². The Morgan fingerprint density at radius 3 is 2.33 bits per heavy atom. The third-order valence-electron chi connectivity index (χ3n) is 5.16. The molecule has 4 rings (SSSR count). The molecule has 1 amide bonds. The molecule has 0 unspecified atom stereocenters. The van der Waals surface area contributed by atoms with Crippen molar-refractivity contribution in [3.8, 4) is 16.9 Å². The molecule has 0 atom stereocenters. The molecule has 0 aromatic heterocycles. The van der Waals surface area contributed by atoms with Crippen LogP contribution in [0.5, 0.6) is 5.75 Å². The van der Waals surface area contributed by atoms with Gasteiger partial charge in [0.05, 0.1) is 22.7 Å². The number of amides is 1. The zero-order valence-corrected chi connectivity index (χ0v) is 20.6. The summed E-state index contributed by atoms with van der Waals surface area (Å²) in [6.07, 6.45) is -0.185. The molecule has 182 valence electrons. The monoisotopic (exact) mass is 545 g/mol. The van der Waals surface area contributed by atoms with Crippen LogP contribution in [-0.4, -0.2) is 11.9 Å². The molecular weight excluding hydrogens is 531 g/mol. The predicted octanol–water partition coefficient (Wildman–Crippen LogP) is 7.99. The van der Waals surface area contributed by atoms with Crippen molar-refractivity contribution in [2.24, 2.45) is 0 Å². The van der Waals surface area contributed by atoms with Crippen molar-refractivity contribution < 1.29 is 23.1 Å². The van der Waals surface area contributed by atoms with Gasteiger partial charge in [0.1, 0.15) is 17.4 Å². The number of para-hydroxylation sites is 1. The predicted molar refractivity (Wildman–Crippen MR) is 137 cm³/mol. The van der Waals surface area contributed by atoms with E-state index in [0.29, 0.717) is 26.3 Å². The van der Waals surface area contributed by atoms with Crippen LogP contribution in [0.3, 0.4) is 0 Å². The Bertz CT molecular complexity index is 1480. The number of carbonyl (C=O) groups excluding carboxylic acids is 2. The Hall–Kier alpha value is -3.45. The third-order valence-corrected chi connectivity index (χ3v) is 6.08. The van der Waals surface area contributed by atoms with Crippen molar-refractivity contribution in [3.05, 3.63) is 117 Å². The lowest BCUT2D eigenvalue weighted by Crippen LogP contribution is -2.17. The van der Waals surface area contributed by atoms with Gasteiger partial charge >= 0.3 is 5.97 Å². The van der Waals surface area contributed by atoms with Gasteiger partial charge in [0.2, 0.25) is 0 Å². The smallest absolute Gasteiger partial charge is 0.315 e. The first-order valence-corrected chi connectivity index (χ1v) is 11.6. The van der Waals surface area contributed by atoms with Crippen LogP contribution in [0.25, 0.3) is 11.1 Å². The van der Waals surface area contributed by atoms with Crippen molar-refractivity contribution in [2.45, 2.75) is 6.42 Å². The zero-order chi connectivity index (χ0) is 25.8. The van der Waals surface area contributed by atoms with E-state index in [1.54, 1.807) is 36.4 Å². The summed E-state index contributed by atoms with van der Waals surface area (Å²) in [4.78, 5) is 25.9. The van der Waals surface area contributed by atoms with Gasteiger partial charge in [0.15, 0.2) is 0 Å². The number of halogens is 5. The maximum atomic E-state index is 14.4. The maximum absolute atomic E-state index is 14.4. The van der Waals surface area contributed by atoms with Crippen molar-refractivity contribution in [3.63, 3.8) is 0 Å². The largest absolute Gasteiger partial charge is 0.425 e. The Morgan fingerprint density at radius 1 is 0.833 bits per heavy atom. The quantitative estimate of drug-likeness (QED) is 0.197. The minimum Gasteiger partial charge on any atom is -0.425 e. The summed E-state index contributed by atoms with van der Waals surface area (Å²) in [5, 5.41) is 3.66. The highest BCUT2D eigenvalue weighted by Crippen LogP contribution is 2.31. The molecule has 4 aromatic rings. The summed E-state index contributed by atoms with van der Waals surface area (Å²) >= 11 is 18.2. The van der Waals surface area contributed by atoms with Gasteiger partial charge < -0.3 is 10.1 Å². The first-order valence-electron chi connectivity index (χ1n) is 10.5. The third kappa shape index (κ3) is 6.02. The molecule has 0 saturated heterocycles. The number of anilines is 1. The van der Waals surface area contributed by atoms with Gasteiger partial charge in [-0.25, -0.2) is 8.78 Å². The first kappa shape index (κ1) is 25.6. The van der Waals surface area contributed by atoms with Gasteiger partial charge in [-0.15, -0.1) is 0 Å². The Kier molecular flexibility index (Phi) is 7.89. The molecule has 0 heterocycles. The van der Waals surface area contributed by atoms with E-state index in [1.807, 2.05) is 0 Å². The number of ether oxygens (including phenoxy) is 1. The highest BCUT2D eigenvalue weighted by atomic mass is 35.5. The van der Waals surface area contributed by atoms with Gasteiger partial charge in [-0.1, -0.05) is 59.1 Å². The molecule has 0 spiro atoms. The Morgan fingerprint density at radius 2 is 1.61 bits per heavy atom. The van der Waals surface area contributed by atoms with Crippen LogP contribution in [0.1, 0.15) is 15.9 Å². The molecule has 0 radical (unpaired) electrons. The van der Waals surface area contributed by atoms with Crippen LogP contribution in [0.2, 0.25) is 15.1 Å². The van der Waals surface area contributed by atoms with E-state index in [1.165, 1.54) is 30.3 Å². The second kappa shape index (κ2) is 11.1. The van der Waals surface area contributed by atoms with Crippen LogP contribution in [0, 0.1) is 11.6 Å². The average Bonchev–Trinajstić information content (AvgIpc) is 2.83. The van der Waals surface area contributed by atoms with Gasteiger partial charge in [0.25, 0.3) is 5.91 Å². The lowest BCUT2D eigenvalue weighted by molar-refractivity contribution is -0.133. The molecule has 0 fully saturated rings. The number of hydrogen-bond acceptors (Lipinski definition) is 3. The summed E-state index contributed by atoms with van der Waals surface area (Å²) in [5.74, 6) is -2.96. The van der Waals surface area contributed by atoms with Crippen molar-refractivity contribution >= 4 is 52.4 Å². The Labute approximate surface area is 220 Å². The average molecular weight is 547 g/mol. The second-order valence-corrected chi connectivity index (χ2v) is 8.91. The van der Waals surface area contributed by atoms with Crippen molar-refractivity contribution in [2.75, 3.05) is 5.32 Å². The normalized spacial score (nSPS) is 10.7.